The molecular weight excluding hydrogens is 1030 g/mol. The van der Waals surface area contributed by atoms with Crippen LogP contribution < -0.4 is 18.9 Å². The predicted octanol–water partition coefficient (Wildman–Crippen LogP) is 19.1. The summed E-state index contributed by atoms with van der Waals surface area (Å²) in [7, 11) is 0. The van der Waals surface area contributed by atoms with Crippen molar-refractivity contribution < 1.29 is 38.0 Å². The fraction of sp³-hybridized carbons (Fsp3) is 0.429. The van der Waals surface area contributed by atoms with E-state index in [9.17, 15) is 9.59 Å². The van der Waals surface area contributed by atoms with Crippen molar-refractivity contribution in [3.05, 3.63) is 158 Å². The molecule has 0 N–H and O–H groups in total. The Hall–Kier alpha value is -6.36. The molecule has 2 saturated carbocycles. The van der Waals surface area contributed by atoms with E-state index in [2.05, 4.69) is 134 Å². The summed E-state index contributed by atoms with van der Waals surface area (Å²) in [5.41, 5.74) is 5.25. The van der Waals surface area contributed by atoms with Crippen molar-refractivity contribution in [3.8, 4) is 43.9 Å². The summed E-state index contributed by atoms with van der Waals surface area (Å²) in [6.45, 7) is 10.7. The molecule has 7 aromatic rings. The van der Waals surface area contributed by atoms with E-state index in [0.29, 0.717) is 50.1 Å². The fourth-order valence-corrected chi connectivity index (χ4v) is 13.9. The van der Waals surface area contributed by atoms with Gasteiger partial charge < -0.3 is 28.4 Å². The summed E-state index contributed by atoms with van der Waals surface area (Å²) in [6, 6.07) is 44.0. The van der Waals surface area contributed by atoms with Crippen molar-refractivity contribution in [2.24, 2.45) is 11.8 Å². The Morgan fingerprint density at radius 1 is 0.425 bits per heavy atom. The SMILES string of the molecule is C=CC(=O)OCCCCCCCCOc1ccc(C2CCC(COc3c4cc(-c5ccccc5)sc4c(OCC4CCC(c5ccc(OCCCCCCCCOC(=O)C=C)cc5)CC4)c4cc(-c5ccccc5)sc34)CC2)cc1. The highest BCUT2D eigenvalue weighted by Gasteiger charge is 2.28. The highest BCUT2D eigenvalue weighted by Crippen LogP contribution is 2.53. The number of unbranched alkanes of at least 4 members (excludes halogenated alkanes) is 10. The van der Waals surface area contributed by atoms with Gasteiger partial charge in [-0.2, -0.15) is 0 Å². The summed E-state index contributed by atoms with van der Waals surface area (Å²) in [4.78, 5) is 24.8. The van der Waals surface area contributed by atoms with Crippen LogP contribution in [0.1, 0.15) is 151 Å². The summed E-state index contributed by atoms with van der Waals surface area (Å²) < 4.78 is 39.1. The van der Waals surface area contributed by atoms with Crippen LogP contribution in [0.2, 0.25) is 0 Å². The molecule has 2 fully saturated rings. The first-order chi connectivity index (χ1) is 39.4. The second-order valence-corrected chi connectivity index (χ2v) is 24.1. The number of carbonyl (C=O) groups is 2. The zero-order valence-electron chi connectivity index (χ0n) is 46.9. The Kier molecular flexibility index (Phi) is 22.6. The van der Waals surface area contributed by atoms with Crippen molar-refractivity contribution in [2.75, 3.05) is 39.6 Å². The first kappa shape index (κ1) is 58.3. The summed E-state index contributed by atoms with van der Waals surface area (Å²) in [5, 5.41) is 2.31. The van der Waals surface area contributed by atoms with Gasteiger partial charge in [-0.25, -0.2) is 9.59 Å². The number of ether oxygens (including phenoxy) is 6. The molecule has 0 bridgehead atoms. The predicted molar refractivity (Wildman–Crippen MR) is 330 cm³/mol. The van der Waals surface area contributed by atoms with Gasteiger partial charge >= 0.3 is 11.9 Å². The fourth-order valence-electron chi connectivity index (χ4n) is 11.5. The number of rotatable bonds is 32. The molecule has 10 heteroatoms. The molecule has 9 rings (SSSR count). The normalized spacial score (nSPS) is 17.2. The minimum atomic E-state index is -0.341. The zero-order chi connectivity index (χ0) is 55.1. The Labute approximate surface area is 483 Å². The van der Waals surface area contributed by atoms with Crippen LogP contribution in [0.3, 0.4) is 0 Å². The number of hydrogen-bond acceptors (Lipinski definition) is 10. The molecule has 2 aliphatic carbocycles. The van der Waals surface area contributed by atoms with E-state index in [1.165, 1.54) is 53.6 Å². The van der Waals surface area contributed by atoms with E-state index in [1.54, 1.807) is 0 Å². The Balaban J connectivity index is 0.788. The van der Waals surface area contributed by atoms with Crippen molar-refractivity contribution in [3.63, 3.8) is 0 Å². The number of carbonyl (C=O) groups excluding carboxylic acids is 2. The number of benzene rings is 5. The second-order valence-electron chi connectivity index (χ2n) is 22.0. The van der Waals surface area contributed by atoms with Gasteiger partial charge in [-0.1, -0.05) is 149 Å². The maximum Gasteiger partial charge on any atom is 0.330 e. The van der Waals surface area contributed by atoms with E-state index in [4.69, 9.17) is 28.4 Å². The van der Waals surface area contributed by atoms with Gasteiger partial charge in [0.2, 0.25) is 0 Å². The minimum Gasteiger partial charge on any atom is -0.494 e. The van der Waals surface area contributed by atoms with Gasteiger partial charge in [-0.05, 0) is 159 Å². The Morgan fingerprint density at radius 3 is 1.14 bits per heavy atom. The lowest BCUT2D eigenvalue weighted by Crippen LogP contribution is -2.20. The summed E-state index contributed by atoms with van der Waals surface area (Å²) >= 11 is 3.66. The average Bonchev–Trinajstić information content (AvgIpc) is 4.36. The van der Waals surface area contributed by atoms with E-state index in [-0.39, 0.29) is 11.9 Å². The van der Waals surface area contributed by atoms with Crippen molar-refractivity contribution in [1.82, 2.24) is 0 Å². The lowest BCUT2D eigenvalue weighted by molar-refractivity contribution is -0.138. The summed E-state index contributed by atoms with van der Waals surface area (Å²) in [6.07, 6.45) is 24.5. The minimum absolute atomic E-state index is 0.341. The second kappa shape index (κ2) is 31.0. The maximum absolute atomic E-state index is 11.2. The molecule has 0 amide bonds. The van der Waals surface area contributed by atoms with Crippen LogP contribution >= 0.6 is 22.7 Å². The zero-order valence-corrected chi connectivity index (χ0v) is 48.5. The molecule has 0 aliphatic heterocycles. The van der Waals surface area contributed by atoms with Gasteiger partial charge in [-0.3, -0.25) is 0 Å². The monoisotopic (exact) mass is 1110 g/mol. The van der Waals surface area contributed by atoms with Gasteiger partial charge in [0.05, 0.1) is 49.0 Å². The van der Waals surface area contributed by atoms with Gasteiger partial charge in [0.25, 0.3) is 0 Å². The third kappa shape index (κ3) is 16.9. The highest BCUT2D eigenvalue weighted by molar-refractivity contribution is 7.24. The molecule has 2 aliphatic rings. The third-order valence-corrected chi connectivity index (χ3v) is 18.6. The first-order valence-corrected chi connectivity index (χ1v) is 31.5. The Morgan fingerprint density at radius 2 is 0.775 bits per heavy atom. The smallest absolute Gasteiger partial charge is 0.330 e. The largest absolute Gasteiger partial charge is 0.494 e. The van der Waals surface area contributed by atoms with Gasteiger partial charge in [0.1, 0.15) is 23.0 Å². The number of hydrogen-bond donors (Lipinski definition) is 0. The van der Waals surface area contributed by atoms with E-state index >= 15 is 0 Å². The van der Waals surface area contributed by atoms with Crippen LogP contribution in [0.5, 0.6) is 23.0 Å². The molecule has 422 valence electrons. The lowest BCUT2D eigenvalue weighted by Gasteiger charge is -2.29. The molecule has 0 spiro atoms. The first-order valence-electron chi connectivity index (χ1n) is 29.9. The molecule has 2 heterocycles. The molecule has 2 aromatic heterocycles. The van der Waals surface area contributed by atoms with Crippen LogP contribution in [0.4, 0.5) is 0 Å². The van der Waals surface area contributed by atoms with Gasteiger partial charge in [-0.15, -0.1) is 22.7 Å². The molecule has 5 aromatic carbocycles. The van der Waals surface area contributed by atoms with Crippen LogP contribution in [0.25, 0.3) is 41.1 Å². The molecule has 0 radical (unpaired) electrons. The third-order valence-electron chi connectivity index (χ3n) is 16.2. The Bertz CT molecular complexity index is 2740. The number of esters is 2. The van der Waals surface area contributed by atoms with Gasteiger partial charge in [0.15, 0.2) is 0 Å². The molecule has 80 heavy (non-hydrogen) atoms. The van der Waals surface area contributed by atoms with Crippen molar-refractivity contribution >= 4 is 54.8 Å². The highest BCUT2D eigenvalue weighted by atomic mass is 32.1. The van der Waals surface area contributed by atoms with Crippen LogP contribution in [0.15, 0.2) is 147 Å². The van der Waals surface area contributed by atoms with Crippen LogP contribution in [0, 0.1) is 11.8 Å². The van der Waals surface area contributed by atoms with Crippen LogP contribution in [-0.4, -0.2) is 51.6 Å². The van der Waals surface area contributed by atoms with E-state index in [0.717, 1.165) is 175 Å². The number of fused-ring (bicyclic) bond motifs is 2. The molecular formula is C70H82O8S2. The molecule has 0 atom stereocenters. The quantitative estimate of drug-likeness (QED) is 0.0234. The van der Waals surface area contributed by atoms with Crippen molar-refractivity contribution in [2.45, 2.75) is 140 Å². The lowest BCUT2D eigenvalue weighted by atomic mass is 9.79. The van der Waals surface area contributed by atoms with Gasteiger partial charge in [0, 0.05) is 32.7 Å². The number of thiophene rings is 2. The topological polar surface area (TPSA) is 89.5 Å². The van der Waals surface area contributed by atoms with E-state index < -0.39 is 0 Å². The molecule has 0 unspecified atom stereocenters. The average molecular weight is 1120 g/mol. The van der Waals surface area contributed by atoms with E-state index in [1.807, 2.05) is 22.7 Å². The van der Waals surface area contributed by atoms with Crippen molar-refractivity contribution in [1.29, 1.82) is 0 Å². The molecule has 8 nitrogen and oxygen atoms in total. The molecule has 0 saturated heterocycles. The van der Waals surface area contributed by atoms with Crippen LogP contribution in [-0.2, 0) is 19.1 Å². The maximum atomic E-state index is 11.2. The standard InChI is InChI=1S/C70H82O8S2/c1-3-65(71)75-45-21-11-7-5-9-19-43-73-59-39-35-55(36-40-59)53-31-27-51(28-32-53)49-77-67-61-47-63(57-23-15-13-16-24-57)80-70(61)68(62-48-64(79-69(62)67)58-25-17-14-18-26-58)78-50-52-29-33-54(34-30-52)56-37-41-60(42-38-56)74-44-20-10-6-8-12-22-46-76-66(72)4-2/h3-4,13-18,23-26,35-42,47-48,51-54H,1-2,5-12,19-22,27-34,43-46,49-50H2. The summed E-state index contributed by atoms with van der Waals surface area (Å²) in [5.74, 6) is 5.28.